The van der Waals surface area contributed by atoms with Crippen molar-refractivity contribution in [1.82, 2.24) is 10.3 Å². The monoisotopic (exact) mass is 355 g/mol. The third-order valence-electron chi connectivity index (χ3n) is 3.91. The zero-order valence-corrected chi connectivity index (χ0v) is 14.7. The van der Waals surface area contributed by atoms with E-state index in [1.807, 2.05) is 25.3 Å². The van der Waals surface area contributed by atoms with E-state index in [4.69, 9.17) is 11.6 Å². The average molecular weight is 356 g/mol. The first-order valence-electron chi connectivity index (χ1n) is 7.36. The van der Waals surface area contributed by atoms with Gasteiger partial charge in [0.25, 0.3) is 0 Å². The zero-order chi connectivity index (χ0) is 15.5. The molecular weight excluding hydrogens is 338 g/mol. The number of carbonyl (C=O) groups excluding carboxylic acids is 1. The van der Waals surface area contributed by atoms with Crippen LogP contribution in [0.15, 0.2) is 18.3 Å². The number of nitrogens with zero attached hydrogens (tertiary/aromatic N) is 1. The van der Waals surface area contributed by atoms with Crippen molar-refractivity contribution >= 4 is 45.3 Å². The van der Waals surface area contributed by atoms with Gasteiger partial charge in [-0.2, -0.15) is 0 Å². The van der Waals surface area contributed by atoms with Crippen LogP contribution >= 0.6 is 34.3 Å². The fraction of sp³-hybridized carbons (Fsp3) is 0.467. The highest BCUT2D eigenvalue weighted by Crippen LogP contribution is 2.33. The summed E-state index contributed by atoms with van der Waals surface area (Å²) in [5.41, 5.74) is 0. The molecule has 3 heterocycles. The minimum Gasteiger partial charge on any atom is -0.317 e. The van der Waals surface area contributed by atoms with Crippen LogP contribution < -0.4 is 10.6 Å². The third-order valence-corrected chi connectivity index (χ3v) is 6.40. The number of halogens is 1. The highest BCUT2D eigenvalue weighted by atomic mass is 35.5. The topological polar surface area (TPSA) is 54.0 Å². The molecule has 0 saturated carbocycles. The van der Waals surface area contributed by atoms with Gasteiger partial charge >= 0.3 is 0 Å². The van der Waals surface area contributed by atoms with Crippen LogP contribution in [0.4, 0.5) is 5.13 Å². The van der Waals surface area contributed by atoms with Crippen molar-refractivity contribution in [3.8, 4) is 0 Å². The fourth-order valence-corrected chi connectivity index (χ4v) is 4.64. The number of rotatable bonds is 4. The van der Waals surface area contributed by atoms with Gasteiger partial charge in [0, 0.05) is 16.0 Å². The molecule has 2 N–H and O–H groups in total. The normalized spacial score (nSPS) is 17.4. The van der Waals surface area contributed by atoms with E-state index in [0.29, 0.717) is 15.4 Å². The summed E-state index contributed by atoms with van der Waals surface area (Å²) < 4.78 is 0.706. The Balaban J connectivity index is 1.63. The molecule has 1 amide bonds. The molecule has 1 aliphatic heterocycles. The Morgan fingerprint density at radius 2 is 2.18 bits per heavy atom. The van der Waals surface area contributed by atoms with Crippen molar-refractivity contribution in [2.24, 2.45) is 0 Å². The molecule has 118 valence electrons. The number of thiophene rings is 1. The summed E-state index contributed by atoms with van der Waals surface area (Å²) in [6.45, 7) is 4.00. The molecule has 7 heteroatoms. The second-order valence-corrected chi connectivity index (χ2v) is 8.25. The molecule has 3 rings (SSSR count). The molecule has 0 aromatic carbocycles. The lowest BCUT2D eigenvalue weighted by molar-refractivity contribution is -0.117. The maximum atomic E-state index is 12.3. The van der Waals surface area contributed by atoms with E-state index in [2.05, 4.69) is 15.6 Å². The summed E-state index contributed by atoms with van der Waals surface area (Å²) in [7, 11) is 0. The van der Waals surface area contributed by atoms with Crippen molar-refractivity contribution in [1.29, 1.82) is 0 Å². The predicted octanol–water partition coefficient (Wildman–Crippen LogP) is 4.07. The van der Waals surface area contributed by atoms with Crippen LogP contribution in [0.1, 0.15) is 41.4 Å². The standard InChI is InChI=1S/C15H18ClN3OS2/c1-9(11-2-3-13(16)21-11)14(20)19-15-18-8-12(22-15)10-4-6-17-7-5-10/h2-3,8-10,17H,4-7H2,1H3,(H,18,19,20). The number of hydrogen-bond acceptors (Lipinski definition) is 5. The summed E-state index contributed by atoms with van der Waals surface area (Å²) in [4.78, 5) is 18.9. The Bertz CT molecular complexity index is 649. The fourth-order valence-electron chi connectivity index (χ4n) is 2.54. The first kappa shape index (κ1) is 15.9. The minimum absolute atomic E-state index is 0.0373. The van der Waals surface area contributed by atoms with Gasteiger partial charge in [0.05, 0.1) is 10.3 Å². The molecule has 1 unspecified atom stereocenters. The van der Waals surface area contributed by atoms with Crippen molar-refractivity contribution in [3.63, 3.8) is 0 Å². The van der Waals surface area contributed by atoms with E-state index in [0.717, 1.165) is 30.8 Å². The third kappa shape index (κ3) is 3.68. The molecule has 0 spiro atoms. The molecular formula is C15H18ClN3OS2. The van der Waals surface area contributed by atoms with Gasteiger partial charge in [-0.25, -0.2) is 4.98 Å². The Morgan fingerprint density at radius 1 is 1.41 bits per heavy atom. The average Bonchev–Trinajstić information content (AvgIpc) is 3.16. The molecule has 0 bridgehead atoms. The number of nitrogens with one attached hydrogen (secondary N) is 2. The van der Waals surface area contributed by atoms with Gasteiger partial charge in [-0.15, -0.1) is 22.7 Å². The number of amides is 1. The molecule has 4 nitrogen and oxygen atoms in total. The SMILES string of the molecule is CC(C(=O)Nc1ncc(C2CCNCC2)s1)c1ccc(Cl)s1. The highest BCUT2D eigenvalue weighted by molar-refractivity contribution is 7.16. The predicted molar refractivity (Wildman–Crippen MR) is 93.3 cm³/mol. The minimum atomic E-state index is -0.219. The molecule has 0 radical (unpaired) electrons. The summed E-state index contributed by atoms with van der Waals surface area (Å²) in [6.07, 6.45) is 4.18. The second-order valence-electron chi connectivity index (χ2n) is 5.44. The molecule has 0 aliphatic carbocycles. The van der Waals surface area contributed by atoms with Crippen molar-refractivity contribution in [3.05, 3.63) is 32.4 Å². The molecule has 1 saturated heterocycles. The van der Waals surface area contributed by atoms with Gasteiger partial charge < -0.3 is 10.6 Å². The Labute approximate surface area is 142 Å². The van der Waals surface area contributed by atoms with Crippen LogP contribution in [0.5, 0.6) is 0 Å². The summed E-state index contributed by atoms with van der Waals surface area (Å²) in [5.74, 6) is 0.311. The maximum Gasteiger partial charge on any atom is 0.234 e. The van der Waals surface area contributed by atoms with Gasteiger partial charge in [-0.3, -0.25) is 4.79 Å². The lowest BCUT2D eigenvalue weighted by Crippen LogP contribution is -2.26. The van der Waals surface area contributed by atoms with Crippen LogP contribution in [0.25, 0.3) is 0 Å². The van der Waals surface area contributed by atoms with Crippen LogP contribution in [0.3, 0.4) is 0 Å². The van der Waals surface area contributed by atoms with Crippen molar-refractivity contribution in [2.45, 2.75) is 31.6 Å². The molecule has 1 fully saturated rings. The maximum absolute atomic E-state index is 12.3. The summed E-state index contributed by atoms with van der Waals surface area (Å²) in [5, 5.41) is 6.98. The number of aromatic nitrogens is 1. The number of thiazole rings is 1. The van der Waals surface area contributed by atoms with E-state index >= 15 is 0 Å². The number of piperidine rings is 1. The lowest BCUT2D eigenvalue weighted by atomic mass is 9.97. The van der Waals surface area contributed by atoms with Gasteiger partial charge in [0.2, 0.25) is 5.91 Å². The molecule has 2 aromatic rings. The van der Waals surface area contributed by atoms with Crippen LogP contribution in [0.2, 0.25) is 4.34 Å². The Morgan fingerprint density at radius 3 is 2.86 bits per heavy atom. The van der Waals surface area contributed by atoms with Crippen molar-refractivity contribution in [2.75, 3.05) is 18.4 Å². The highest BCUT2D eigenvalue weighted by Gasteiger charge is 2.21. The quantitative estimate of drug-likeness (QED) is 0.869. The molecule has 1 aliphatic rings. The molecule has 1 atom stereocenters. The van der Waals surface area contributed by atoms with Crippen LogP contribution in [-0.2, 0) is 4.79 Å². The number of hydrogen-bond donors (Lipinski definition) is 2. The van der Waals surface area contributed by atoms with Gasteiger partial charge in [-0.1, -0.05) is 11.6 Å². The van der Waals surface area contributed by atoms with Crippen molar-refractivity contribution < 1.29 is 4.79 Å². The molecule has 22 heavy (non-hydrogen) atoms. The first-order chi connectivity index (χ1) is 10.6. The Kier molecular flexibility index (Phi) is 5.13. The van der Waals surface area contributed by atoms with Gasteiger partial charge in [-0.05, 0) is 50.9 Å². The molecule has 2 aromatic heterocycles. The summed E-state index contributed by atoms with van der Waals surface area (Å²) >= 11 is 8.97. The smallest absolute Gasteiger partial charge is 0.234 e. The lowest BCUT2D eigenvalue weighted by Gasteiger charge is -2.20. The van der Waals surface area contributed by atoms with E-state index in [9.17, 15) is 4.79 Å². The number of carbonyl (C=O) groups is 1. The summed E-state index contributed by atoms with van der Waals surface area (Å²) in [6, 6.07) is 3.73. The van der Waals surface area contributed by atoms with E-state index in [1.54, 1.807) is 11.3 Å². The van der Waals surface area contributed by atoms with E-state index < -0.39 is 0 Å². The first-order valence-corrected chi connectivity index (χ1v) is 9.37. The number of anilines is 1. The van der Waals surface area contributed by atoms with Gasteiger partial charge in [0.15, 0.2) is 5.13 Å². The largest absolute Gasteiger partial charge is 0.317 e. The zero-order valence-electron chi connectivity index (χ0n) is 12.3. The second kappa shape index (κ2) is 7.08. The Hall–Kier alpha value is -0.950. The van der Waals surface area contributed by atoms with E-state index in [1.165, 1.54) is 16.2 Å². The van der Waals surface area contributed by atoms with Gasteiger partial charge in [0.1, 0.15) is 0 Å². The van der Waals surface area contributed by atoms with Crippen LogP contribution in [0, 0.1) is 0 Å². The van der Waals surface area contributed by atoms with E-state index in [-0.39, 0.29) is 11.8 Å². The van der Waals surface area contributed by atoms with Crippen LogP contribution in [-0.4, -0.2) is 24.0 Å².